The lowest BCUT2D eigenvalue weighted by Gasteiger charge is -2.14. The van der Waals surface area contributed by atoms with E-state index in [1.165, 1.54) is 0 Å². The summed E-state index contributed by atoms with van der Waals surface area (Å²) in [7, 11) is 0. The number of rotatable bonds is 2. The van der Waals surface area contributed by atoms with Crippen LogP contribution in [-0.4, -0.2) is 29.4 Å². The van der Waals surface area contributed by atoms with Gasteiger partial charge in [-0.2, -0.15) is 0 Å². The lowest BCUT2D eigenvalue weighted by Crippen LogP contribution is -2.45. The van der Waals surface area contributed by atoms with E-state index in [2.05, 4.69) is 15.6 Å². The number of nitrogens with one attached hydrogen (secondary N) is 2. The van der Waals surface area contributed by atoms with Gasteiger partial charge in [-0.15, -0.1) is 0 Å². The number of fused-ring (bicyclic) bond motifs is 1. The van der Waals surface area contributed by atoms with Crippen LogP contribution in [0, 0.1) is 0 Å². The fourth-order valence-corrected chi connectivity index (χ4v) is 2.50. The smallest absolute Gasteiger partial charge is 0.270 e. The van der Waals surface area contributed by atoms with Crippen LogP contribution in [0.4, 0.5) is 0 Å². The van der Waals surface area contributed by atoms with E-state index in [9.17, 15) is 9.59 Å². The number of nitrogens with zero attached hydrogens (tertiary/aromatic N) is 1. The summed E-state index contributed by atoms with van der Waals surface area (Å²) in [5.74, 6) is -0.413. The van der Waals surface area contributed by atoms with Crippen LogP contribution in [0.1, 0.15) is 29.8 Å². The maximum Gasteiger partial charge on any atom is 0.270 e. The lowest BCUT2D eigenvalue weighted by atomic mass is 10.1. The molecule has 1 atom stereocenters. The van der Waals surface area contributed by atoms with E-state index in [4.69, 9.17) is 0 Å². The zero-order valence-corrected chi connectivity index (χ0v) is 11.6. The topological polar surface area (TPSA) is 71.1 Å². The minimum atomic E-state index is -0.465. The predicted molar refractivity (Wildman–Crippen MR) is 79.9 cm³/mol. The Morgan fingerprint density at radius 2 is 2.05 bits per heavy atom. The Balaban J connectivity index is 1.78. The summed E-state index contributed by atoms with van der Waals surface area (Å²) in [5, 5.41) is 6.57. The molecule has 108 valence electrons. The van der Waals surface area contributed by atoms with Gasteiger partial charge in [-0.25, -0.2) is 4.98 Å². The van der Waals surface area contributed by atoms with E-state index in [1.807, 2.05) is 30.3 Å². The van der Waals surface area contributed by atoms with Crippen molar-refractivity contribution in [3.63, 3.8) is 0 Å². The van der Waals surface area contributed by atoms with Crippen molar-refractivity contribution in [1.29, 1.82) is 0 Å². The van der Waals surface area contributed by atoms with Gasteiger partial charge in [-0.3, -0.25) is 9.59 Å². The minimum Gasteiger partial charge on any atom is -0.354 e. The molecule has 0 saturated carbocycles. The van der Waals surface area contributed by atoms with Crippen LogP contribution in [0.5, 0.6) is 0 Å². The van der Waals surface area contributed by atoms with Crippen molar-refractivity contribution in [2.45, 2.75) is 25.3 Å². The SMILES string of the molecule is O=C(N[C@H]1CCCCNC1=O)c1ccc2ccccc2n1. The van der Waals surface area contributed by atoms with E-state index in [0.717, 1.165) is 23.7 Å². The Kier molecular flexibility index (Phi) is 3.81. The number of carbonyl (C=O) groups is 2. The van der Waals surface area contributed by atoms with Crippen molar-refractivity contribution in [3.8, 4) is 0 Å². The molecule has 1 aliphatic heterocycles. The molecule has 1 fully saturated rings. The second-order valence-corrected chi connectivity index (χ2v) is 5.20. The van der Waals surface area contributed by atoms with E-state index >= 15 is 0 Å². The molecule has 2 N–H and O–H groups in total. The molecule has 21 heavy (non-hydrogen) atoms. The first-order chi connectivity index (χ1) is 10.2. The second kappa shape index (κ2) is 5.91. The van der Waals surface area contributed by atoms with Gasteiger partial charge in [0.2, 0.25) is 5.91 Å². The molecular formula is C16H17N3O2. The number of amides is 2. The molecule has 1 saturated heterocycles. The van der Waals surface area contributed by atoms with Crippen LogP contribution in [0.3, 0.4) is 0 Å². The summed E-state index contributed by atoms with van der Waals surface area (Å²) < 4.78 is 0. The second-order valence-electron chi connectivity index (χ2n) is 5.20. The molecule has 3 rings (SSSR count). The molecule has 2 aromatic rings. The Morgan fingerprint density at radius 1 is 1.19 bits per heavy atom. The lowest BCUT2D eigenvalue weighted by molar-refractivity contribution is -0.122. The molecule has 0 bridgehead atoms. The van der Waals surface area contributed by atoms with Crippen LogP contribution in [0.25, 0.3) is 10.9 Å². The zero-order valence-electron chi connectivity index (χ0n) is 11.6. The van der Waals surface area contributed by atoms with Crippen molar-refractivity contribution in [3.05, 3.63) is 42.1 Å². The summed E-state index contributed by atoms with van der Waals surface area (Å²) in [6.07, 6.45) is 2.55. The van der Waals surface area contributed by atoms with Gasteiger partial charge in [-0.05, 0) is 31.4 Å². The summed E-state index contributed by atoms with van der Waals surface area (Å²) in [5.41, 5.74) is 1.11. The highest BCUT2D eigenvalue weighted by Crippen LogP contribution is 2.12. The predicted octanol–water partition coefficient (Wildman–Crippen LogP) is 1.63. The van der Waals surface area contributed by atoms with E-state index in [-0.39, 0.29) is 11.8 Å². The quantitative estimate of drug-likeness (QED) is 0.880. The largest absolute Gasteiger partial charge is 0.354 e. The van der Waals surface area contributed by atoms with Gasteiger partial charge in [0.1, 0.15) is 11.7 Å². The highest BCUT2D eigenvalue weighted by molar-refractivity contribution is 5.97. The van der Waals surface area contributed by atoms with Crippen LogP contribution in [0.2, 0.25) is 0 Å². The molecule has 0 spiro atoms. The van der Waals surface area contributed by atoms with Crippen molar-refractivity contribution < 1.29 is 9.59 Å². The number of para-hydroxylation sites is 1. The Labute approximate surface area is 122 Å². The van der Waals surface area contributed by atoms with Gasteiger partial charge >= 0.3 is 0 Å². The number of pyridine rings is 1. The first-order valence-corrected chi connectivity index (χ1v) is 7.18. The van der Waals surface area contributed by atoms with E-state index in [0.29, 0.717) is 18.7 Å². The normalized spacial score (nSPS) is 18.9. The standard InChI is InChI=1S/C16H17N3O2/c20-15-13(7-3-4-10-17-15)19-16(21)14-9-8-11-5-1-2-6-12(11)18-14/h1-2,5-6,8-9,13H,3-4,7,10H2,(H,17,20)(H,19,21)/t13-/m0/s1. The minimum absolute atomic E-state index is 0.110. The van der Waals surface area contributed by atoms with Crippen molar-refractivity contribution in [2.24, 2.45) is 0 Å². The fraction of sp³-hybridized carbons (Fsp3) is 0.312. The summed E-state index contributed by atoms with van der Waals surface area (Å²) in [6, 6.07) is 10.7. The van der Waals surface area contributed by atoms with Gasteiger partial charge in [-0.1, -0.05) is 24.3 Å². The maximum absolute atomic E-state index is 12.3. The summed E-state index contributed by atoms with van der Waals surface area (Å²) >= 11 is 0. The third-order valence-corrected chi connectivity index (χ3v) is 3.67. The first-order valence-electron chi connectivity index (χ1n) is 7.18. The average molecular weight is 283 g/mol. The highest BCUT2D eigenvalue weighted by atomic mass is 16.2. The fourth-order valence-electron chi connectivity index (χ4n) is 2.50. The average Bonchev–Trinajstić information content (AvgIpc) is 2.72. The Hall–Kier alpha value is -2.43. The van der Waals surface area contributed by atoms with Crippen molar-refractivity contribution >= 4 is 22.7 Å². The molecule has 5 nitrogen and oxygen atoms in total. The van der Waals surface area contributed by atoms with Gasteiger partial charge in [0.15, 0.2) is 0 Å². The van der Waals surface area contributed by atoms with Crippen molar-refractivity contribution in [2.75, 3.05) is 6.54 Å². The van der Waals surface area contributed by atoms with E-state index < -0.39 is 6.04 Å². The van der Waals surface area contributed by atoms with Crippen LogP contribution in [0.15, 0.2) is 36.4 Å². The third-order valence-electron chi connectivity index (χ3n) is 3.67. The van der Waals surface area contributed by atoms with Gasteiger partial charge in [0, 0.05) is 11.9 Å². The molecule has 2 heterocycles. The molecule has 1 aromatic heterocycles. The van der Waals surface area contributed by atoms with Crippen LogP contribution >= 0.6 is 0 Å². The Bertz CT molecular complexity index is 684. The monoisotopic (exact) mass is 283 g/mol. The molecular weight excluding hydrogens is 266 g/mol. The molecule has 0 unspecified atom stereocenters. The Morgan fingerprint density at radius 3 is 2.95 bits per heavy atom. The van der Waals surface area contributed by atoms with Crippen molar-refractivity contribution in [1.82, 2.24) is 15.6 Å². The molecule has 1 aliphatic rings. The molecule has 2 amide bonds. The molecule has 0 aliphatic carbocycles. The van der Waals surface area contributed by atoms with E-state index in [1.54, 1.807) is 6.07 Å². The number of hydrogen-bond donors (Lipinski definition) is 2. The summed E-state index contributed by atoms with van der Waals surface area (Å²) in [6.45, 7) is 0.680. The van der Waals surface area contributed by atoms with Gasteiger partial charge < -0.3 is 10.6 Å². The number of carbonyl (C=O) groups excluding carboxylic acids is 2. The third kappa shape index (κ3) is 3.02. The highest BCUT2D eigenvalue weighted by Gasteiger charge is 2.23. The molecule has 0 radical (unpaired) electrons. The summed E-state index contributed by atoms with van der Waals surface area (Å²) in [4.78, 5) is 28.5. The van der Waals surface area contributed by atoms with Crippen LogP contribution < -0.4 is 10.6 Å². The first kappa shape index (κ1) is 13.5. The molecule has 1 aromatic carbocycles. The zero-order chi connectivity index (χ0) is 14.7. The number of benzene rings is 1. The maximum atomic E-state index is 12.3. The van der Waals surface area contributed by atoms with Crippen LogP contribution in [-0.2, 0) is 4.79 Å². The van der Waals surface area contributed by atoms with Gasteiger partial charge in [0.25, 0.3) is 5.91 Å². The molecule has 5 heteroatoms. The number of hydrogen-bond acceptors (Lipinski definition) is 3. The number of aromatic nitrogens is 1. The van der Waals surface area contributed by atoms with Gasteiger partial charge in [0.05, 0.1) is 5.52 Å².